The third kappa shape index (κ3) is 2.30. The van der Waals surface area contributed by atoms with Gasteiger partial charge in [-0.1, -0.05) is 0 Å². The number of H-pyrrole nitrogens is 2. The maximum Gasteiger partial charge on any atom is 0.362 e. The van der Waals surface area contributed by atoms with Gasteiger partial charge in [0.05, 0.1) is 0 Å². The molecule has 1 unspecified atom stereocenters. The fourth-order valence-electron chi connectivity index (χ4n) is 0.942. The molecule has 76 valence electrons. The van der Waals surface area contributed by atoms with Gasteiger partial charge < -0.3 is 15.8 Å². The van der Waals surface area contributed by atoms with Crippen LogP contribution in [0.5, 0.6) is 0 Å². The van der Waals surface area contributed by atoms with Crippen molar-refractivity contribution in [3.05, 3.63) is 32.6 Å². The maximum absolute atomic E-state index is 11.1. The minimum Gasteiger partial charge on any atom is -0.477 e. The Bertz CT molecular complexity index is 447. The van der Waals surface area contributed by atoms with Gasteiger partial charge in [0.15, 0.2) is 6.04 Å². The highest BCUT2D eigenvalue weighted by Gasteiger charge is 2.17. The lowest BCUT2D eigenvalue weighted by Crippen LogP contribution is -2.66. The second-order valence-corrected chi connectivity index (χ2v) is 2.84. The topological polar surface area (TPSA) is 131 Å². The maximum atomic E-state index is 11.1. The van der Waals surface area contributed by atoms with E-state index in [-0.39, 0.29) is 12.0 Å². The molecular weight excluding hydrogens is 190 g/mol. The smallest absolute Gasteiger partial charge is 0.362 e. The van der Waals surface area contributed by atoms with Gasteiger partial charge in [-0.2, -0.15) is 0 Å². The standard InChI is InChI=1S/C7H9N3O4/c8-4(6(12)13)1-3-2-9-7(14)10-5(3)11/h2,4H,1,8H2,(H,12,13)(H2,9,10,11,14)/p+1. The van der Waals surface area contributed by atoms with Crippen LogP contribution in [0.3, 0.4) is 0 Å². The second-order valence-electron chi connectivity index (χ2n) is 2.84. The summed E-state index contributed by atoms with van der Waals surface area (Å²) in [6, 6.07) is -0.901. The van der Waals surface area contributed by atoms with Crippen molar-refractivity contribution in [3.8, 4) is 0 Å². The van der Waals surface area contributed by atoms with E-state index in [9.17, 15) is 14.4 Å². The molecule has 0 aliphatic heterocycles. The largest absolute Gasteiger partial charge is 0.477 e. The lowest BCUT2D eigenvalue weighted by Gasteiger charge is -2.01. The zero-order valence-electron chi connectivity index (χ0n) is 7.24. The van der Waals surface area contributed by atoms with E-state index >= 15 is 0 Å². The number of hydrogen-bond donors (Lipinski definition) is 4. The van der Waals surface area contributed by atoms with E-state index in [0.717, 1.165) is 0 Å². The summed E-state index contributed by atoms with van der Waals surface area (Å²) in [6.07, 6.45) is 1.18. The van der Waals surface area contributed by atoms with Crippen molar-refractivity contribution in [2.45, 2.75) is 12.5 Å². The normalized spacial score (nSPS) is 12.4. The quantitative estimate of drug-likeness (QED) is 0.422. The van der Waals surface area contributed by atoms with Crippen LogP contribution in [0.15, 0.2) is 15.8 Å². The van der Waals surface area contributed by atoms with E-state index in [1.54, 1.807) is 0 Å². The van der Waals surface area contributed by atoms with Gasteiger partial charge in [0.2, 0.25) is 0 Å². The highest BCUT2D eigenvalue weighted by Crippen LogP contribution is 1.90. The van der Waals surface area contributed by atoms with Crippen molar-refractivity contribution in [1.82, 2.24) is 9.97 Å². The minimum atomic E-state index is -1.09. The van der Waals surface area contributed by atoms with Crippen molar-refractivity contribution in [2.24, 2.45) is 0 Å². The number of rotatable bonds is 3. The van der Waals surface area contributed by atoms with Crippen molar-refractivity contribution in [2.75, 3.05) is 0 Å². The van der Waals surface area contributed by atoms with Gasteiger partial charge in [-0.15, -0.1) is 0 Å². The summed E-state index contributed by atoms with van der Waals surface area (Å²) >= 11 is 0. The molecule has 0 aliphatic carbocycles. The van der Waals surface area contributed by atoms with E-state index in [2.05, 4.69) is 10.7 Å². The molecule has 14 heavy (non-hydrogen) atoms. The first kappa shape index (κ1) is 10.2. The van der Waals surface area contributed by atoms with Crippen molar-refractivity contribution in [3.63, 3.8) is 0 Å². The number of quaternary nitrogens is 1. The molecule has 1 heterocycles. The molecule has 7 nitrogen and oxygen atoms in total. The summed E-state index contributed by atoms with van der Waals surface area (Å²) < 4.78 is 0. The average molecular weight is 200 g/mol. The molecule has 1 rings (SSSR count). The summed E-state index contributed by atoms with van der Waals surface area (Å²) in [5, 5.41) is 8.54. The van der Waals surface area contributed by atoms with E-state index in [0.29, 0.717) is 0 Å². The van der Waals surface area contributed by atoms with Crippen LogP contribution in [0, 0.1) is 0 Å². The third-order valence-corrected chi connectivity index (χ3v) is 1.71. The molecule has 6 N–H and O–H groups in total. The van der Waals surface area contributed by atoms with Crippen LogP contribution in [0.2, 0.25) is 0 Å². The highest BCUT2D eigenvalue weighted by atomic mass is 16.4. The van der Waals surface area contributed by atoms with Gasteiger partial charge in [-0.25, -0.2) is 9.59 Å². The fraction of sp³-hybridized carbons (Fsp3) is 0.286. The second kappa shape index (κ2) is 3.88. The number of aromatic amines is 2. The highest BCUT2D eigenvalue weighted by molar-refractivity contribution is 5.71. The van der Waals surface area contributed by atoms with Crippen LogP contribution in [-0.4, -0.2) is 27.1 Å². The van der Waals surface area contributed by atoms with Gasteiger partial charge in [-0.05, 0) is 0 Å². The number of carboxylic acid groups (broad SMARTS) is 1. The Morgan fingerprint density at radius 2 is 2.21 bits per heavy atom. The molecule has 1 aromatic heterocycles. The number of nitrogens with one attached hydrogen (secondary N) is 2. The predicted octanol–water partition coefficient (Wildman–Crippen LogP) is -2.70. The van der Waals surface area contributed by atoms with Crippen LogP contribution >= 0.6 is 0 Å². The van der Waals surface area contributed by atoms with Gasteiger partial charge in [-0.3, -0.25) is 9.78 Å². The Kier molecular flexibility index (Phi) is 2.82. The van der Waals surface area contributed by atoms with Crippen LogP contribution < -0.4 is 17.0 Å². The Morgan fingerprint density at radius 1 is 1.57 bits per heavy atom. The first-order valence-electron chi connectivity index (χ1n) is 3.87. The Labute approximate surface area is 77.6 Å². The summed E-state index contributed by atoms with van der Waals surface area (Å²) in [5.41, 5.74) is 2.36. The molecule has 0 amide bonds. The SMILES string of the molecule is [NH3+]C(Cc1c[nH]c(=O)[nH]c1=O)C(=O)O. The van der Waals surface area contributed by atoms with Gasteiger partial charge in [0.1, 0.15) is 0 Å². The summed E-state index contributed by atoms with van der Waals surface area (Å²) in [6.45, 7) is 0. The van der Waals surface area contributed by atoms with E-state index < -0.39 is 23.3 Å². The number of hydrogen-bond acceptors (Lipinski definition) is 3. The van der Waals surface area contributed by atoms with Crippen LogP contribution in [0.4, 0.5) is 0 Å². The van der Waals surface area contributed by atoms with Crippen LogP contribution in [-0.2, 0) is 11.2 Å². The van der Waals surface area contributed by atoms with Crippen molar-refractivity contribution >= 4 is 5.97 Å². The molecule has 0 fully saturated rings. The molecule has 1 aromatic rings. The zero-order valence-corrected chi connectivity index (χ0v) is 7.24. The first-order valence-corrected chi connectivity index (χ1v) is 3.87. The minimum absolute atomic E-state index is 0.0125. The Balaban J connectivity index is 2.93. The lowest BCUT2D eigenvalue weighted by atomic mass is 10.1. The van der Waals surface area contributed by atoms with E-state index in [1.165, 1.54) is 6.20 Å². The summed E-state index contributed by atoms with van der Waals surface area (Å²) in [4.78, 5) is 36.4. The van der Waals surface area contributed by atoms with Crippen LogP contribution in [0.1, 0.15) is 5.56 Å². The van der Waals surface area contributed by atoms with Crippen molar-refractivity contribution in [1.29, 1.82) is 0 Å². The molecule has 1 atom stereocenters. The molecule has 7 heteroatoms. The number of carbonyl (C=O) groups is 1. The van der Waals surface area contributed by atoms with E-state index in [1.807, 2.05) is 4.98 Å². The lowest BCUT2D eigenvalue weighted by molar-refractivity contribution is -0.407. The Hall–Kier alpha value is -1.89. The molecule has 0 aromatic carbocycles. The van der Waals surface area contributed by atoms with Gasteiger partial charge in [0.25, 0.3) is 5.56 Å². The van der Waals surface area contributed by atoms with Crippen LogP contribution in [0.25, 0.3) is 0 Å². The molecular formula is C7H10N3O4+. The monoisotopic (exact) mass is 200 g/mol. The molecule has 0 aliphatic rings. The number of aromatic nitrogens is 2. The first-order chi connectivity index (χ1) is 6.50. The molecule has 0 saturated heterocycles. The molecule has 0 spiro atoms. The average Bonchev–Trinajstić information content (AvgIpc) is 2.09. The number of aliphatic carboxylic acids is 1. The predicted molar refractivity (Wildman–Crippen MR) is 45.7 cm³/mol. The molecule has 0 saturated carbocycles. The molecule has 0 bridgehead atoms. The third-order valence-electron chi connectivity index (χ3n) is 1.71. The summed E-state index contributed by atoms with van der Waals surface area (Å²) in [7, 11) is 0. The van der Waals surface area contributed by atoms with Gasteiger partial charge >= 0.3 is 11.7 Å². The van der Waals surface area contributed by atoms with Crippen molar-refractivity contribution < 1.29 is 15.6 Å². The Morgan fingerprint density at radius 3 is 2.71 bits per heavy atom. The fourth-order valence-corrected chi connectivity index (χ4v) is 0.942. The zero-order chi connectivity index (χ0) is 10.7. The van der Waals surface area contributed by atoms with E-state index in [4.69, 9.17) is 5.11 Å². The van der Waals surface area contributed by atoms with Gasteiger partial charge in [0, 0.05) is 18.2 Å². The molecule has 0 radical (unpaired) electrons. The number of carboxylic acids is 1. The summed E-state index contributed by atoms with van der Waals surface area (Å²) in [5.74, 6) is -1.09.